The molecular weight excluding hydrogens is 265 g/mol. The van der Waals surface area contributed by atoms with Gasteiger partial charge in [0, 0.05) is 0 Å². The molecule has 5 nitrogen and oxygen atoms in total. The Kier molecular flexibility index (Phi) is 3.33. The largest absolute Gasteiger partial charge is 0.459 e. The summed E-state index contributed by atoms with van der Waals surface area (Å²) in [6.07, 6.45) is 0. The third-order valence-electron chi connectivity index (χ3n) is 2.64. The summed E-state index contributed by atoms with van der Waals surface area (Å²) >= 11 is 0. The minimum absolute atomic E-state index is 0.0972. The minimum Gasteiger partial charge on any atom is -0.459 e. The zero-order valence-corrected chi connectivity index (χ0v) is 11.4. The van der Waals surface area contributed by atoms with Gasteiger partial charge in [0.1, 0.15) is 18.0 Å². The van der Waals surface area contributed by atoms with E-state index in [1.165, 1.54) is 6.07 Å². The number of halogens is 1. The monoisotopic (exact) mass is 279 g/mol. The van der Waals surface area contributed by atoms with Gasteiger partial charge >= 0.3 is 5.97 Å². The molecule has 1 aromatic rings. The average molecular weight is 279 g/mol. The van der Waals surface area contributed by atoms with E-state index in [4.69, 9.17) is 4.74 Å². The van der Waals surface area contributed by atoms with Crippen LogP contribution < -0.4 is 4.90 Å². The highest BCUT2D eigenvalue weighted by Crippen LogP contribution is 2.29. The normalized spacial score (nSPS) is 14.5. The van der Waals surface area contributed by atoms with E-state index in [0.717, 1.165) is 17.0 Å². The van der Waals surface area contributed by atoms with E-state index in [1.807, 2.05) is 0 Å². The Morgan fingerprint density at radius 1 is 1.30 bits per heavy atom. The predicted octanol–water partition coefficient (Wildman–Crippen LogP) is 1.70. The second-order valence-corrected chi connectivity index (χ2v) is 5.47. The number of ether oxygens (including phenoxy) is 1. The quantitative estimate of drug-likeness (QED) is 0.610. The molecule has 6 heteroatoms. The number of hydrogen-bond acceptors (Lipinski definition) is 4. The summed E-state index contributed by atoms with van der Waals surface area (Å²) < 4.78 is 18.3. The molecule has 0 fully saturated rings. The second-order valence-electron chi connectivity index (χ2n) is 5.47. The Morgan fingerprint density at radius 3 is 2.55 bits per heavy atom. The zero-order valence-electron chi connectivity index (χ0n) is 11.4. The van der Waals surface area contributed by atoms with Crippen molar-refractivity contribution in [2.45, 2.75) is 26.4 Å². The summed E-state index contributed by atoms with van der Waals surface area (Å²) in [6.45, 7) is 4.65. The van der Waals surface area contributed by atoms with Crippen molar-refractivity contribution in [1.29, 1.82) is 0 Å². The summed E-state index contributed by atoms with van der Waals surface area (Å²) in [5.74, 6) is -2.84. The van der Waals surface area contributed by atoms with Gasteiger partial charge in [-0.25, -0.2) is 4.39 Å². The van der Waals surface area contributed by atoms with Crippen molar-refractivity contribution in [3.8, 4) is 0 Å². The van der Waals surface area contributed by atoms with E-state index in [2.05, 4.69) is 0 Å². The number of amides is 1. The lowest BCUT2D eigenvalue weighted by Gasteiger charge is -2.22. The van der Waals surface area contributed by atoms with Crippen LogP contribution in [0.15, 0.2) is 18.2 Å². The van der Waals surface area contributed by atoms with E-state index < -0.39 is 35.6 Å². The van der Waals surface area contributed by atoms with Crippen molar-refractivity contribution >= 4 is 23.3 Å². The van der Waals surface area contributed by atoms with Crippen LogP contribution in [0, 0.1) is 5.82 Å². The Balaban J connectivity index is 2.26. The van der Waals surface area contributed by atoms with Crippen LogP contribution in [-0.4, -0.2) is 29.8 Å². The fourth-order valence-corrected chi connectivity index (χ4v) is 1.93. The third-order valence-corrected chi connectivity index (χ3v) is 2.64. The van der Waals surface area contributed by atoms with Gasteiger partial charge in [-0.3, -0.25) is 19.3 Å². The van der Waals surface area contributed by atoms with Gasteiger partial charge in [-0.05, 0) is 39.0 Å². The maximum Gasteiger partial charge on any atom is 0.326 e. The molecular formula is C14H14FNO4. The van der Waals surface area contributed by atoms with Gasteiger partial charge in [-0.15, -0.1) is 0 Å². The molecule has 1 aliphatic heterocycles. The van der Waals surface area contributed by atoms with E-state index in [1.54, 1.807) is 20.8 Å². The topological polar surface area (TPSA) is 63.7 Å². The maximum absolute atomic E-state index is 13.2. The lowest BCUT2D eigenvalue weighted by molar-refractivity contribution is -0.153. The molecule has 1 aliphatic rings. The Labute approximate surface area is 115 Å². The number of rotatable bonds is 2. The number of Topliss-reactive ketones (excluding diaryl/α,β-unsaturated/α-hetero) is 1. The van der Waals surface area contributed by atoms with Crippen LogP contribution in [0.1, 0.15) is 31.1 Å². The van der Waals surface area contributed by atoms with E-state index in [0.29, 0.717) is 0 Å². The van der Waals surface area contributed by atoms with Crippen molar-refractivity contribution in [3.63, 3.8) is 0 Å². The third kappa shape index (κ3) is 2.68. The van der Waals surface area contributed by atoms with Crippen LogP contribution in [0.5, 0.6) is 0 Å². The summed E-state index contributed by atoms with van der Waals surface area (Å²) in [5.41, 5.74) is -0.500. The molecule has 1 heterocycles. The molecule has 106 valence electrons. The Hall–Kier alpha value is -2.24. The first-order chi connectivity index (χ1) is 9.19. The summed E-state index contributed by atoms with van der Waals surface area (Å²) in [4.78, 5) is 36.2. The van der Waals surface area contributed by atoms with Gasteiger partial charge in [0.05, 0.1) is 11.3 Å². The number of benzene rings is 1. The van der Waals surface area contributed by atoms with Gasteiger partial charge in [0.15, 0.2) is 0 Å². The molecule has 0 saturated heterocycles. The highest BCUT2D eigenvalue weighted by atomic mass is 19.1. The number of esters is 1. The van der Waals surface area contributed by atoms with Crippen LogP contribution >= 0.6 is 0 Å². The molecule has 2 rings (SSSR count). The molecule has 0 radical (unpaired) electrons. The number of fused-ring (bicyclic) bond motifs is 1. The standard InChI is InChI=1S/C14H14FNO4/c1-14(2,3)20-11(17)7-16-10-6-8(15)4-5-9(10)12(18)13(16)19/h4-6H,7H2,1-3H3. The van der Waals surface area contributed by atoms with Gasteiger partial charge < -0.3 is 4.74 Å². The van der Waals surface area contributed by atoms with Crippen LogP contribution in [0.4, 0.5) is 10.1 Å². The molecule has 1 amide bonds. The smallest absolute Gasteiger partial charge is 0.326 e. The molecule has 0 aliphatic carbocycles. The highest BCUT2D eigenvalue weighted by molar-refractivity contribution is 6.52. The predicted molar refractivity (Wildman–Crippen MR) is 68.9 cm³/mol. The molecule has 1 aromatic carbocycles. The van der Waals surface area contributed by atoms with Crippen molar-refractivity contribution in [3.05, 3.63) is 29.6 Å². The summed E-state index contributed by atoms with van der Waals surface area (Å²) in [7, 11) is 0. The highest BCUT2D eigenvalue weighted by Gasteiger charge is 2.37. The molecule has 0 aromatic heterocycles. The molecule has 0 unspecified atom stereocenters. The SMILES string of the molecule is CC(C)(C)OC(=O)CN1C(=O)C(=O)c2ccc(F)cc21. The lowest BCUT2D eigenvalue weighted by Crippen LogP contribution is -2.38. The first-order valence-corrected chi connectivity index (χ1v) is 6.06. The Bertz CT molecular complexity index is 604. The van der Waals surface area contributed by atoms with Crippen LogP contribution in [0.2, 0.25) is 0 Å². The molecule has 0 spiro atoms. The molecule has 0 atom stereocenters. The van der Waals surface area contributed by atoms with Gasteiger partial charge in [0.2, 0.25) is 0 Å². The van der Waals surface area contributed by atoms with Gasteiger partial charge in [-0.2, -0.15) is 0 Å². The molecule has 0 bridgehead atoms. The lowest BCUT2D eigenvalue weighted by atomic mass is 10.1. The van der Waals surface area contributed by atoms with Gasteiger partial charge in [0.25, 0.3) is 11.7 Å². The number of hydrogen-bond donors (Lipinski definition) is 0. The van der Waals surface area contributed by atoms with E-state index >= 15 is 0 Å². The number of carbonyl (C=O) groups excluding carboxylic acids is 3. The number of carbonyl (C=O) groups is 3. The maximum atomic E-state index is 13.2. The second kappa shape index (κ2) is 4.70. The van der Waals surface area contributed by atoms with Crippen LogP contribution in [0.3, 0.4) is 0 Å². The van der Waals surface area contributed by atoms with E-state index in [9.17, 15) is 18.8 Å². The fourth-order valence-electron chi connectivity index (χ4n) is 1.93. The number of nitrogens with zero attached hydrogens (tertiary/aromatic N) is 1. The first kappa shape index (κ1) is 14.2. The van der Waals surface area contributed by atoms with Crippen LogP contribution in [0.25, 0.3) is 0 Å². The molecule has 0 N–H and O–H groups in total. The van der Waals surface area contributed by atoms with Crippen molar-refractivity contribution in [2.75, 3.05) is 11.4 Å². The summed E-state index contributed by atoms with van der Waals surface area (Å²) in [5, 5.41) is 0. The minimum atomic E-state index is -0.851. The van der Waals surface area contributed by atoms with Gasteiger partial charge in [-0.1, -0.05) is 0 Å². The average Bonchev–Trinajstić information content (AvgIpc) is 2.52. The number of anilines is 1. The molecule has 0 saturated carbocycles. The van der Waals surface area contributed by atoms with Crippen molar-refractivity contribution in [2.24, 2.45) is 0 Å². The molecule has 20 heavy (non-hydrogen) atoms. The fraction of sp³-hybridized carbons (Fsp3) is 0.357. The van der Waals surface area contributed by atoms with Crippen LogP contribution in [-0.2, 0) is 14.3 Å². The Morgan fingerprint density at radius 2 is 1.95 bits per heavy atom. The first-order valence-electron chi connectivity index (χ1n) is 6.06. The zero-order chi connectivity index (χ0) is 15.1. The van der Waals surface area contributed by atoms with Crippen molar-refractivity contribution < 1.29 is 23.5 Å². The summed E-state index contributed by atoms with van der Waals surface area (Å²) in [6, 6.07) is 3.39. The van der Waals surface area contributed by atoms with Crippen molar-refractivity contribution in [1.82, 2.24) is 0 Å². The van der Waals surface area contributed by atoms with E-state index in [-0.39, 0.29) is 11.3 Å². The number of ketones is 1.